The highest BCUT2D eigenvalue weighted by atomic mass is 32.2. The van der Waals surface area contributed by atoms with Crippen molar-refractivity contribution in [3.8, 4) is 0 Å². The Bertz CT molecular complexity index is 342. The fraction of sp³-hybridized carbons (Fsp3) is 0.250. The van der Waals surface area contributed by atoms with Crippen LogP contribution in [-0.2, 0) is 4.79 Å². The van der Waals surface area contributed by atoms with Crippen LogP contribution in [-0.4, -0.2) is 10.9 Å². The van der Waals surface area contributed by atoms with E-state index in [0.29, 0.717) is 0 Å². The molecule has 0 aliphatic heterocycles. The van der Waals surface area contributed by atoms with E-state index < -0.39 is 0 Å². The second-order valence-electron chi connectivity index (χ2n) is 2.94. The van der Waals surface area contributed by atoms with Crippen molar-refractivity contribution >= 4 is 23.0 Å². The standard InChI is InChI=1S/C12H14OS/c1-3-14-12(13)9-8-11-7-5-4-6-10(11)2/h4-9H,3H2,1-2H3/b9-8+. The minimum absolute atomic E-state index is 0.121. The third-order valence-corrected chi connectivity index (χ3v) is 2.58. The molecule has 2 heteroatoms. The molecule has 0 aromatic heterocycles. The van der Waals surface area contributed by atoms with Crippen molar-refractivity contribution in [2.75, 3.05) is 5.75 Å². The number of aryl methyl sites for hydroxylation is 1. The van der Waals surface area contributed by atoms with Crippen molar-refractivity contribution in [3.63, 3.8) is 0 Å². The van der Waals surface area contributed by atoms with Gasteiger partial charge in [-0.2, -0.15) is 0 Å². The molecule has 0 aliphatic rings. The maximum atomic E-state index is 11.2. The highest BCUT2D eigenvalue weighted by Gasteiger charge is 1.95. The van der Waals surface area contributed by atoms with Crippen LogP contribution in [0, 0.1) is 6.92 Å². The van der Waals surface area contributed by atoms with Crippen LogP contribution in [0.2, 0.25) is 0 Å². The zero-order valence-electron chi connectivity index (χ0n) is 8.49. The number of thioether (sulfide) groups is 1. The molecule has 0 fully saturated rings. The summed E-state index contributed by atoms with van der Waals surface area (Å²) in [6.45, 7) is 4.02. The van der Waals surface area contributed by atoms with Gasteiger partial charge in [0.25, 0.3) is 0 Å². The molecular formula is C12H14OS. The first-order valence-corrected chi connectivity index (χ1v) is 5.63. The monoisotopic (exact) mass is 206 g/mol. The first kappa shape index (κ1) is 11.1. The van der Waals surface area contributed by atoms with Gasteiger partial charge in [0.15, 0.2) is 0 Å². The van der Waals surface area contributed by atoms with Gasteiger partial charge in [-0.05, 0) is 29.9 Å². The van der Waals surface area contributed by atoms with Crippen molar-refractivity contribution in [1.82, 2.24) is 0 Å². The number of rotatable bonds is 3. The SMILES string of the molecule is CCSC(=O)/C=C/c1ccccc1C. The zero-order chi connectivity index (χ0) is 10.4. The Morgan fingerprint density at radius 1 is 1.43 bits per heavy atom. The summed E-state index contributed by atoms with van der Waals surface area (Å²) in [7, 11) is 0. The molecule has 0 heterocycles. The molecule has 0 bridgehead atoms. The van der Waals surface area contributed by atoms with Crippen LogP contribution < -0.4 is 0 Å². The van der Waals surface area contributed by atoms with E-state index in [4.69, 9.17) is 0 Å². The molecule has 1 aromatic rings. The van der Waals surface area contributed by atoms with E-state index in [0.717, 1.165) is 11.3 Å². The summed E-state index contributed by atoms with van der Waals surface area (Å²) in [6, 6.07) is 8.02. The molecule has 0 spiro atoms. The third kappa shape index (κ3) is 3.38. The molecular weight excluding hydrogens is 192 g/mol. The van der Waals surface area contributed by atoms with Crippen molar-refractivity contribution < 1.29 is 4.79 Å². The Morgan fingerprint density at radius 2 is 2.14 bits per heavy atom. The molecule has 1 nitrogen and oxygen atoms in total. The summed E-state index contributed by atoms with van der Waals surface area (Å²) in [5.74, 6) is 0.830. The molecule has 74 valence electrons. The minimum atomic E-state index is 0.121. The van der Waals surface area contributed by atoms with Crippen molar-refractivity contribution in [2.24, 2.45) is 0 Å². The average molecular weight is 206 g/mol. The predicted molar refractivity (Wildman–Crippen MR) is 63.4 cm³/mol. The molecule has 0 unspecified atom stereocenters. The number of hydrogen-bond acceptors (Lipinski definition) is 2. The third-order valence-electron chi connectivity index (χ3n) is 1.87. The topological polar surface area (TPSA) is 17.1 Å². The summed E-state index contributed by atoms with van der Waals surface area (Å²) in [5, 5.41) is 0.121. The fourth-order valence-electron chi connectivity index (χ4n) is 1.12. The van der Waals surface area contributed by atoms with E-state index >= 15 is 0 Å². The first-order valence-electron chi connectivity index (χ1n) is 4.64. The Hall–Kier alpha value is -1.02. The van der Waals surface area contributed by atoms with Gasteiger partial charge in [-0.15, -0.1) is 0 Å². The summed E-state index contributed by atoms with van der Waals surface area (Å²) >= 11 is 1.33. The van der Waals surface area contributed by atoms with Gasteiger partial charge in [0, 0.05) is 0 Å². The largest absolute Gasteiger partial charge is 0.282 e. The molecule has 0 radical (unpaired) electrons. The van der Waals surface area contributed by atoms with Gasteiger partial charge in [0.05, 0.1) is 0 Å². The quantitative estimate of drug-likeness (QED) is 0.706. The summed E-state index contributed by atoms with van der Waals surface area (Å²) in [6.07, 6.45) is 3.51. The molecule has 0 saturated heterocycles. The smallest absolute Gasteiger partial charge is 0.212 e. The number of benzene rings is 1. The maximum Gasteiger partial charge on any atom is 0.212 e. The zero-order valence-corrected chi connectivity index (χ0v) is 9.30. The summed E-state index contributed by atoms with van der Waals surface area (Å²) in [5.41, 5.74) is 2.30. The van der Waals surface area contributed by atoms with Gasteiger partial charge in [-0.1, -0.05) is 49.0 Å². The maximum absolute atomic E-state index is 11.2. The number of carbonyl (C=O) groups excluding carboxylic acids is 1. The lowest BCUT2D eigenvalue weighted by Crippen LogP contribution is -1.85. The van der Waals surface area contributed by atoms with E-state index in [1.165, 1.54) is 17.3 Å². The van der Waals surface area contributed by atoms with Gasteiger partial charge >= 0.3 is 0 Å². The van der Waals surface area contributed by atoms with Crippen LogP contribution in [0.3, 0.4) is 0 Å². The van der Waals surface area contributed by atoms with Crippen LogP contribution in [0.1, 0.15) is 18.1 Å². The Morgan fingerprint density at radius 3 is 2.79 bits per heavy atom. The van der Waals surface area contributed by atoms with Gasteiger partial charge in [0.1, 0.15) is 0 Å². The Balaban J connectivity index is 2.69. The molecule has 0 N–H and O–H groups in total. The molecule has 1 rings (SSSR count). The van der Waals surface area contributed by atoms with E-state index in [2.05, 4.69) is 0 Å². The number of hydrogen-bond donors (Lipinski definition) is 0. The van der Waals surface area contributed by atoms with Crippen LogP contribution in [0.4, 0.5) is 0 Å². The second-order valence-corrected chi connectivity index (χ2v) is 4.21. The first-order chi connectivity index (χ1) is 6.74. The van der Waals surface area contributed by atoms with E-state index in [1.807, 2.05) is 44.2 Å². The van der Waals surface area contributed by atoms with Gasteiger partial charge < -0.3 is 0 Å². The van der Waals surface area contributed by atoms with Crippen LogP contribution in [0.5, 0.6) is 0 Å². The van der Waals surface area contributed by atoms with Crippen LogP contribution >= 0.6 is 11.8 Å². The van der Waals surface area contributed by atoms with E-state index in [-0.39, 0.29) is 5.12 Å². The Labute approximate surface area is 89.2 Å². The Kier molecular flexibility index (Phi) is 4.47. The highest BCUT2D eigenvalue weighted by Crippen LogP contribution is 2.10. The molecule has 14 heavy (non-hydrogen) atoms. The summed E-state index contributed by atoms with van der Waals surface area (Å²) in [4.78, 5) is 11.2. The highest BCUT2D eigenvalue weighted by molar-refractivity contribution is 8.14. The van der Waals surface area contributed by atoms with Crippen molar-refractivity contribution in [3.05, 3.63) is 41.5 Å². The van der Waals surface area contributed by atoms with Crippen molar-refractivity contribution in [2.45, 2.75) is 13.8 Å². The van der Waals surface area contributed by atoms with Crippen molar-refractivity contribution in [1.29, 1.82) is 0 Å². The van der Waals surface area contributed by atoms with Gasteiger partial charge in [-0.3, -0.25) is 4.79 Å². The van der Waals surface area contributed by atoms with Gasteiger partial charge in [-0.25, -0.2) is 0 Å². The second kappa shape index (κ2) is 5.66. The van der Waals surface area contributed by atoms with Crippen LogP contribution in [0.15, 0.2) is 30.3 Å². The molecule has 0 saturated carbocycles. The fourth-order valence-corrected chi connectivity index (χ4v) is 1.57. The van der Waals surface area contributed by atoms with Gasteiger partial charge in [0.2, 0.25) is 5.12 Å². The lowest BCUT2D eigenvalue weighted by atomic mass is 10.1. The van der Waals surface area contributed by atoms with E-state index in [9.17, 15) is 4.79 Å². The average Bonchev–Trinajstić information content (AvgIpc) is 2.17. The molecule has 0 aliphatic carbocycles. The lowest BCUT2D eigenvalue weighted by molar-refractivity contribution is -0.106. The predicted octanol–water partition coefficient (Wildman–Crippen LogP) is 3.29. The molecule has 1 aromatic carbocycles. The van der Waals surface area contributed by atoms with E-state index in [1.54, 1.807) is 6.08 Å². The van der Waals surface area contributed by atoms with Crippen LogP contribution in [0.25, 0.3) is 6.08 Å². The lowest BCUT2D eigenvalue weighted by Gasteiger charge is -1.97. The normalized spacial score (nSPS) is 10.7. The number of carbonyl (C=O) groups is 1. The molecule has 0 amide bonds. The summed E-state index contributed by atoms with van der Waals surface area (Å²) < 4.78 is 0. The molecule has 0 atom stereocenters. The minimum Gasteiger partial charge on any atom is -0.282 e.